The van der Waals surface area contributed by atoms with Crippen LogP contribution in [0.4, 0.5) is 11.4 Å². The highest BCUT2D eigenvalue weighted by atomic mass is 16.5. The van der Waals surface area contributed by atoms with Gasteiger partial charge in [0.2, 0.25) is 5.91 Å². The lowest BCUT2D eigenvalue weighted by molar-refractivity contribution is -0.116. The summed E-state index contributed by atoms with van der Waals surface area (Å²) in [5.41, 5.74) is 4.02. The molecule has 0 aliphatic carbocycles. The van der Waals surface area contributed by atoms with Crippen LogP contribution in [-0.4, -0.2) is 19.1 Å². The Kier molecular flexibility index (Phi) is 5.04. The molecule has 2 aromatic rings. The molecule has 4 nitrogen and oxygen atoms in total. The summed E-state index contributed by atoms with van der Waals surface area (Å²) in [4.78, 5) is 12.3. The normalized spacial score (nSPS) is 11.6. The minimum atomic E-state index is -0.331. The molecular weight excluding hydrogens is 276 g/mol. The number of methoxy groups -OCH3 is 1. The van der Waals surface area contributed by atoms with Crippen molar-refractivity contribution >= 4 is 17.3 Å². The number of nitrogens with one attached hydrogen (secondary N) is 2. The van der Waals surface area contributed by atoms with Crippen LogP contribution in [0.1, 0.15) is 18.1 Å². The summed E-state index contributed by atoms with van der Waals surface area (Å²) in [5, 5.41) is 6.15. The molecule has 2 aromatic carbocycles. The molecule has 0 aliphatic rings. The van der Waals surface area contributed by atoms with Gasteiger partial charge in [0.15, 0.2) is 0 Å². The molecule has 0 bridgehead atoms. The van der Waals surface area contributed by atoms with Gasteiger partial charge in [-0.2, -0.15) is 0 Å². The van der Waals surface area contributed by atoms with Gasteiger partial charge in [-0.05, 0) is 62.2 Å². The first kappa shape index (κ1) is 15.9. The Labute approximate surface area is 131 Å². The number of carbonyl (C=O) groups excluding carboxylic acids is 1. The third-order valence-corrected chi connectivity index (χ3v) is 3.52. The Hall–Kier alpha value is -2.49. The monoisotopic (exact) mass is 298 g/mol. The minimum absolute atomic E-state index is 0.0777. The van der Waals surface area contributed by atoms with Gasteiger partial charge in [-0.3, -0.25) is 4.79 Å². The highest BCUT2D eigenvalue weighted by molar-refractivity contribution is 5.96. The average Bonchev–Trinajstić information content (AvgIpc) is 2.51. The van der Waals surface area contributed by atoms with Crippen molar-refractivity contribution in [2.45, 2.75) is 26.8 Å². The van der Waals surface area contributed by atoms with Gasteiger partial charge < -0.3 is 15.4 Å². The summed E-state index contributed by atoms with van der Waals surface area (Å²) < 4.78 is 5.10. The van der Waals surface area contributed by atoms with Crippen molar-refractivity contribution in [3.63, 3.8) is 0 Å². The van der Waals surface area contributed by atoms with Crippen molar-refractivity contribution in [1.29, 1.82) is 0 Å². The summed E-state index contributed by atoms with van der Waals surface area (Å²) in [6, 6.07) is 13.1. The molecule has 0 spiro atoms. The Bertz CT molecular complexity index is 651. The number of ether oxygens (including phenoxy) is 1. The lowest BCUT2D eigenvalue weighted by Gasteiger charge is -2.17. The molecule has 0 aliphatic heterocycles. The Morgan fingerprint density at radius 1 is 1.09 bits per heavy atom. The molecule has 4 heteroatoms. The number of rotatable bonds is 5. The van der Waals surface area contributed by atoms with Gasteiger partial charge in [-0.1, -0.05) is 12.1 Å². The largest absolute Gasteiger partial charge is 0.497 e. The zero-order valence-electron chi connectivity index (χ0n) is 13.4. The van der Waals surface area contributed by atoms with Crippen LogP contribution in [0, 0.1) is 13.8 Å². The van der Waals surface area contributed by atoms with E-state index >= 15 is 0 Å². The topological polar surface area (TPSA) is 50.4 Å². The minimum Gasteiger partial charge on any atom is -0.497 e. The zero-order chi connectivity index (χ0) is 16.1. The summed E-state index contributed by atoms with van der Waals surface area (Å²) in [6.45, 7) is 5.91. The van der Waals surface area contributed by atoms with Crippen molar-refractivity contribution in [3.05, 3.63) is 53.6 Å². The van der Waals surface area contributed by atoms with Crippen LogP contribution in [0.15, 0.2) is 42.5 Å². The first-order chi connectivity index (χ1) is 10.5. The lowest BCUT2D eigenvalue weighted by Crippen LogP contribution is -2.32. The molecule has 0 saturated heterocycles. The van der Waals surface area contributed by atoms with Crippen LogP contribution >= 0.6 is 0 Å². The molecule has 22 heavy (non-hydrogen) atoms. The number of hydrogen-bond acceptors (Lipinski definition) is 3. The maximum Gasteiger partial charge on any atom is 0.246 e. The number of carbonyl (C=O) groups is 1. The van der Waals surface area contributed by atoms with Crippen LogP contribution in [0.2, 0.25) is 0 Å². The van der Waals surface area contributed by atoms with E-state index in [1.54, 1.807) is 7.11 Å². The third-order valence-electron chi connectivity index (χ3n) is 3.52. The van der Waals surface area contributed by atoms with E-state index in [0.717, 1.165) is 28.3 Å². The van der Waals surface area contributed by atoms with Crippen LogP contribution in [0.5, 0.6) is 5.75 Å². The third kappa shape index (κ3) is 4.01. The molecule has 2 N–H and O–H groups in total. The number of anilines is 2. The molecule has 2 rings (SSSR count). The maximum atomic E-state index is 12.3. The predicted molar refractivity (Wildman–Crippen MR) is 90.6 cm³/mol. The molecular formula is C18H22N2O2. The van der Waals surface area contributed by atoms with Crippen molar-refractivity contribution < 1.29 is 9.53 Å². The Balaban J connectivity index is 2.00. The van der Waals surface area contributed by atoms with Crippen LogP contribution in [-0.2, 0) is 4.79 Å². The molecule has 1 amide bonds. The van der Waals surface area contributed by atoms with Gasteiger partial charge >= 0.3 is 0 Å². The Morgan fingerprint density at radius 3 is 2.41 bits per heavy atom. The van der Waals surface area contributed by atoms with E-state index in [1.807, 2.05) is 57.2 Å². The summed E-state index contributed by atoms with van der Waals surface area (Å²) in [6.07, 6.45) is 0. The van der Waals surface area contributed by atoms with Gasteiger partial charge in [-0.15, -0.1) is 0 Å². The van der Waals surface area contributed by atoms with Crippen molar-refractivity contribution in [1.82, 2.24) is 0 Å². The second kappa shape index (κ2) is 6.98. The van der Waals surface area contributed by atoms with E-state index < -0.39 is 0 Å². The van der Waals surface area contributed by atoms with Crippen LogP contribution in [0.25, 0.3) is 0 Å². The molecule has 116 valence electrons. The highest BCUT2D eigenvalue weighted by Crippen LogP contribution is 2.18. The first-order valence-corrected chi connectivity index (χ1v) is 7.28. The molecule has 0 heterocycles. The smallest absolute Gasteiger partial charge is 0.246 e. The summed E-state index contributed by atoms with van der Waals surface area (Å²) in [5.74, 6) is 0.686. The van der Waals surface area contributed by atoms with Gasteiger partial charge in [0, 0.05) is 11.4 Å². The standard InChI is InChI=1S/C18H22N2O2/c1-12-5-6-13(2)17(11-12)19-14(3)18(21)20-15-7-9-16(22-4)10-8-15/h5-11,14,19H,1-4H3,(H,20,21)/t14-/m1/s1. The molecule has 0 radical (unpaired) electrons. The number of hydrogen-bond donors (Lipinski definition) is 2. The number of benzene rings is 2. The van der Waals surface area contributed by atoms with Crippen LogP contribution in [0.3, 0.4) is 0 Å². The van der Waals surface area contributed by atoms with Gasteiger partial charge in [0.25, 0.3) is 0 Å². The fourth-order valence-corrected chi connectivity index (χ4v) is 2.12. The van der Waals surface area contributed by atoms with E-state index in [2.05, 4.69) is 16.7 Å². The first-order valence-electron chi connectivity index (χ1n) is 7.28. The SMILES string of the molecule is COc1ccc(NC(=O)[C@@H](C)Nc2cc(C)ccc2C)cc1. The molecule has 1 atom stereocenters. The fourth-order valence-electron chi connectivity index (χ4n) is 2.12. The fraction of sp³-hybridized carbons (Fsp3) is 0.278. The van der Waals surface area contributed by atoms with Crippen molar-refractivity contribution in [2.75, 3.05) is 17.7 Å². The lowest BCUT2D eigenvalue weighted by atomic mass is 10.1. The van der Waals surface area contributed by atoms with Crippen molar-refractivity contribution in [3.8, 4) is 5.75 Å². The van der Waals surface area contributed by atoms with E-state index in [9.17, 15) is 4.79 Å². The molecule has 0 fully saturated rings. The van der Waals surface area contributed by atoms with Crippen molar-refractivity contribution in [2.24, 2.45) is 0 Å². The zero-order valence-corrected chi connectivity index (χ0v) is 13.4. The average molecular weight is 298 g/mol. The van der Waals surface area contributed by atoms with Gasteiger partial charge in [0.05, 0.1) is 7.11 Å². The number of amides is 1. The van der Waals surface area contributed by atoms with E-state index in [0.29, 0.717) is 0 Å². The van der Waals surface area contributed by atoms with E-state index in [1.165, 1.54) is 0 Å². The Morgan fingerprint density at radius 2 is 1.77 bits per heavy atom. The highest BCUT2D eigenvalue weighted by Gasteiger charge is 2.13. The summed E-state index contributed by atoms with van der Waals surface area (Å²) in [7, 11) is 1.61. The predicted octanol–water partition coefficient (Wildman–Crippen LogP) is 3.75. The van der Waals surface area contributed by atoms with Gasteiger partial charge in [0.1, 0.15) is 11.8 Å². The summed E-state index contributed by atoms with van der Waals surface area (Å²) >= 11 is 0. The molecule has 0 aromatic heterocycles. The van der Waals surface area contributed by atoms with E-state index in [4.69, 9.17) is 4.74 Å². The number of aryl methyl sites for hydroxylation is 2. The second-order valence-electron chi connectivity index (χ2n) is 5.40. The second-order valence-corrected chi connectivity index (χ2v) is 5.40. The van der Waals surface area contributed by atoms with E-state index in [-0.39, 0.29) is 11.9 Å². The molecule has 0 unspecified atom stereocenters. The molecule has 0 saturated carbocycles. The quantitative estimate of drug-likeness (QED) is 0.884. The van der Waals surface area contributed by atoms with Crippen LogP contribution < -0.4 is 15.4 Å². The maximum absolute atomic E-state index is 12.3. The van der Waals surface area contributed by atoms with Gasteiger partial charge in [-0.25, -0.2) is 0 Å².